The predicted octanol–water partition coefficient (Wildman–Crippen LogP) is 2.37. The first-order valence-corrected chi connectivity index (χ1v) is 9.29. The average Bonchev–Trinajstić information content (AvgIpc) is 2.72. The Labute approximate surface area is 168 Å². The first-order chi connectivity index (χ1) is 13.9. The number of ether oxygens (including phenoxy) is 1. The van der Waals surface area contributed by atoms with Crippen LogP contribution in [0.3, 0.4) is 0 Å². The standard InChI is InChI=1S/C22H23N3O4/c1-4-29-19-10-8-17(9-11-19)25-13-12-24(21(27)22(25)28)15-20(26)23(3)18-7-5-6-16(2)14-18/h5-14H,4,15H2,1-3H3. The summed E-state index contributed by atoms with van der Waals surface area (Å²) in [6, 6.07) is 14.4. The number of nitrogens with zero attached hydrogens (tertiary/aromatic N) is 3. The van der Waals surface area contributed by atoms with Crippen molar-refractivity contribution in [1.29, 1.82) is 0 Å². The van der Waals surface area contributed by atoms with Crippen molar-refractivity contribution in [3.8, 4) is 11.4 Å². The summed E-state index contributed by atoms with van der Waals surface area (Å²) in [6.45, 7) is 4.14. The number of carbonyl (C=O) groups is 1. The molecule has 0 aliphatic heterocycles. The first-order valence-electron chi connectivity index (χ1n) is 9.29. The molecule has 3 aromatic rings. The summed E-state index contributed by atoms with van der Waals surface area (Å²) in [6.07, 6.45) is 2.93. The Morgan fingerprint density at radius 3 is 2.41 bits per heavy atom. The van der Waals surface area contributed by atoms with E-state index in [4.69, 9.17) is 4.74 Å². The van der Waals surface area contributed by atoms with Crippen molar-refractivity contribution < 1.29 is 9.53 Å². The Morgan fingerprint density at radius 1 is 1.03 bits per heavy atom. The van der Waals surface area contributed by atoms with E-state index in [1.165, 1.54) is 21.9 Å². The second kappa shape index (κ2) is 8.60. The van der Waals surface area contributed by atoms with Gasteiger partial charge in [0.05, 0.1) is 6.61 Å². The molecule has 0 saturated carbocycles. The number of aryl methyl sites for hydroxylation is 1. The Hall–Kier alpha value is -3.61. The summed E-state index contributed by atoms with van der Waals surface area (Å²) in [5.41, 5.74) is 0.823. The van der Waals surface area contributed by atoms with Gasteiger partial charge in [-0.1, -0.05) is 12.1 Å². The lowest BCUT2D eigenvalue weighted by molar-refractivity contribution is -0.118. The minimum absolute atomic E-state index is 0.220. The number of benzene rings is 2. The number of likely N-dealkylation sites (N-methyl/N-ethyl adjacent to an activating group) is 1. The largest absolute Gasteiger partial charge is 0.494 e. The third-order valence-electron chi connectivity index (χ3n) is 4.55. The van der Waals surface area contributed by atoms with E-state index in [1.807, 2.05) is 38.1 Å². The summed E-state index contributed by atoms with van der Waals surface area (Å²) in [5.74, 6) is 0.387. The molecule has 7 heteroatoms. The molecule has 0 N–H and O–H groups in total. The highest BCUT2D eigenvalue weighted by Crippen LogP contribution is 2.15. The lowest BCUT2D eigenvalue weighted by Gasteiger charge is -2.18. The number of rotatable bonds is 6. The molecule has 0 aliphatic carbocycles. The molecule has 0 aliphatic rings. The quantitative estimate of drug-likeness (QED) is 0.603. The van der Waals surface area contributed by atoms with Gasteiger partial charge in [-0.25, -0.2) is 0 Å². The molecule has 1 heterocycles. The topological polar surface area (TPSA) is 73.5 Å². The Morgan fingerprint density at radius 2 is 1.76 bits per heavy atom. The van der Waals surface area contributed by atoms with Gasteiger partial charge >= 0.3 is 11.1 Å². The minimum atomic E-state index is -0.757. The van der Waals surface area contributed by atoms with Gasteiger partial charge in [-0.2, -0.15) is 0 Å². The second-order valence-corrected chi connectivity index (χ2v) is 6.63. The maximum atomic E-state index is 12.6. The van der Waals surface area contributed by atoms with E-state index < -0.39 is 11.1 Å². The first kappa shape index (κ1) is 20.1. The van der Waals surface area contributed by atoms with E-state index in [-0.39, 0.29) is 12.5 Å². The molecule has 0 atom stereocenters. The molecule has 150 valence electrons. The monoisotopic (exact) mass is 393 g/mol. The van der Waals surface area contributed by atoms with Crippen LogP contribution in [0.4, 0.5) is 5.69 Å². The van der Waals surface area contributed by atoms with Crippen LogP contribution in [0.15, 0.2) is 70.5 Å². The molecule has 7 nitrogen and oxygen atoms in total. The molecule has 0 bridgehead atoms. The highest BCUT2D eigenvalue weighted by atomic mass is 16.5. The van der Waals surface area contributed by atoms with Crippen molar-refractivity contribution in [2.75, 3.05) is 18.6 Å². The highest BCUT2D eigenvalue weighted by molar-refractivity contribution is 5.92. The van der Waals surface area contributed by atoms with Crippen LogP contribution in [0, 0.1) is 6.92 Å². The smallest absolute Gasteiger partial charge is 0.320 e. The zero-order valence-electron chi connectivity index (χ0n) is 16.7. The van der Waals surface area contributed by atoms with E-state index in [2.05, 4.69) is 0 Å². The van der Waals surface area contributed by atoms with Gasteiger partial charge in [0.2, 0.25) is 5.91 Å². The Bertz CT molecular complexity index is 1130. The van der Waals surface area contributed by atoms with Gasteiger partial charge in [0.15, 0.2) is 0 Å². The number of anilines is 1. The molecule has 0 spiro atoms. The van der Waals surface area contributed by atoms with Crippen molar-refractivity contribution in [2.45, 2.75) is 20.4 Å². The zero-order chi connectivity index (χ0) is 21.0. The van der Waals surface area contributed by atoms with Gasteiger partial charge in [0.1, 0.15) is 12.3 Å². The normalized spacial score (nSPS) is 10.6. The number of hydrogen-bond donors (Lipinski definition) is 0. The number of aromatic nitrogens is 2. The van der Waals surface area contributed by atoms with E-state index in [9.17, 15) is 14.4 Å². The lowest BCUT2D eigenvalue weighted by atomic mass is 10.2. The predicted molar refractivity (Wildman–Crippen MR) is 112 cm³/mol. The zero-order valence-corrected chi connectivity index (χ0v) is 16.7. The molecule has 29 heavy (non-hydrogen) atoms. The molecule has 1 amide bonds. The van der Waals surface area contributed by atoms with Crippen molar-refractivity contribution in [2.24, 2.45) is 0 Å². The van der Waals surface area contributed by atoms with Crippen LogP contribution in [0.5, 0.6) is 5.75 Å². The van der Waals surface area contributed by atoms with Gasteiger partial charge in [-0.3, -0.25) is 23.5 Å². The minimum Gasteiger partial charge on any atom is -0.494 e. The molecule has 1 aromatic heterocycles. The third kappa shape index (κ3) is 4.45. The van der Waals surface area contributed by atoms with Crippen LogP contribution >= 0.6 is 0 Å². The molecule has 0 radical (unpaired) electrons. The van der Waals surface area contributed by atoms with Gasteiger partial charge in [-0.05, 0) is 55.8 Å². The van der Waals surface area contributed by atoms with E-state index in [0.29, 0.717) is 18.0 Å². The third-order valence-corrected chi connectivity index (χ3v) is 4.55. The van der Waals surface area contributed by atoms with Gasteiger partial charge in [0, 0.05) is 30.8 Å². The van der Waals surface area contributed by atoms with Crippen LogP contribution in [-0.4, -0.2) is 28.7 Å². The fourth-order valence-corrected chi connectivity index (χ4v) is 2.94. The molecular weight excluding hydrogens is 370 g/mol. The summed E-state index contributed by atoms with van der Waals surface area (Å²) in [4.78, 5) is 39.1. The second-order valence-electron chi connectivity index (χ2n) is 6.63. The molecular formula is C22H23N3O4. The van der Waals surface area contributed by atoms with Crippen LogP contribution in [0.2, 0.25) is 0 Å². The van der Waals surface area contributed by atoms with E-state index in [1.54, 1.807) is 31.3 Å². The fourth-order valence-electron chi connectivity index (χ4n) is 2.94. The van der Waals surface area contributed by atoms with Crippen LogP contribution in [0.25, 0.3) is 5.69 Å². The molecule has 0 unspecified atom stereocenters. The highest BCUT2D eigenvalue weighted by Gasteiger charge is 2.14. The summed E-state index contributed by atoms with van der Waals surface area (Å²) in [7, 11) is 1.64. The maximum Gasteiger partial charge on any atom is 0.320 e. The van der Waals surface area contributed by atoms with Crippen LogP contribution in [-0.2, 0) is 11.3 Å². The molecule has 2 aromatic carbocycles. The average molecular weight is 393 g/mol. The van der Waals surface area contributed by atoms with Crippen molar-refractivity contribution >= 4 is 11.6 Å². The fraction of sp³-hybridized carbons (Fsp3) is 0.227. The Balaban J connectivity index is 1.83. The molecule has 0 saturated heterocycles. The molecule has 3 rings (SSSR count). The van der Waals surface area contributed by atoms with Crippen molar-refractivity contribution in [1.82, 2.24) is 9.13 Å². The SMILES string of the molecule is CCOc1ccc(-n2ccn(CC(=O)N(C)c3cccc(C)c3)c(=O)c2=O)cc1. The Kier molecular flexibility index (Phi) is 5.97. The van der Waals surface area contributed by atoms with Gasteiger partial charge < -0.3 is 9.64 Å². The van der Waals surface area contributed by atoms with Crippen molar-refractivity contribution in [3.05, 3.63) is 87.2 Å². The summed E-state index contributed by atoms with van der Waals surface area (Å²) in [5, 5.41) is 0. The van der Waals surface area contributed by atoms with Crippen LogP contribution < -0.4 is 20.8 Å². The van der Waals surface area contributed by atoms with Crippen molar-refractivity contribution in [3.63, 3.8) is 0 Å². The number of hydrogen-bond acceptors (Lipinski definition) is 4. The maximum absolute atomic E-state index is 12.6. The summed E-state index contributed by atoms with van der Waals surface area (Å²) < 4.78 is 7.76. The summed E-state index contributed by atoms with van der Waals surface area (Å²) >= 11 is 0. The van der Waals surface area contributed by atoms with E-state index >= 15 is 0 Å². The van der Waals surface area contributed by atoms with Crippen LogP contribution in [0.1, 0.15) is 12.5 Å². The lowest BCUT2D eigenvalue weighted by Crippen LogP contribution is -2.42. The van der Waals surface area contributed by atoms with Gasteiger partial charge in [0.25, 0.3) is 0 Å². The molecule has 0 fully saturated rings. The van der Waals surface area contributed by atoms with E-state index in [0.717, 1.165) is 15.8 Å². The number of carbonyl (C=O) groups excluding carboxylic acids is 1. The van der Waals surface area contributed by atoms with Gasteiger partial charge in [-0.15, -0.1) is 0 Å². The number of amides is 1.